The lowest BCUT2D eigenvalue weighted by Gasteiger charge is -2.29. The Morgan fingerprint density at radius 1 is 1.18 bits per heavy atom. The van der Waals surface area contributed by atoms with Crippen molar-refractivity contribution in [2.75, 3.05) is 31.1 Å². The number of para-hydroxylation sites is 1. The minimum atomic E-state index is 0.130. The van der Waals surface area contributed by atoms with Gasteiger partial charge in [-0.25, -0.2) is 4.98 Å². The van der Waals surface area contributed by atoms with Crippen LogP contribution in [0.15, 0.2) is 30.3 Å². The first-order valence-corrected chi connectivity index (χ1v) is 5.89. The maximum Gasteiger partial charge on any atom is 0.235 e. The molecule has 88 valence electrons. The maximum atomic E-state index is 9.99. The lowest BCUT2D eigenvalue weighted by atomic mass is 10.2. The lowest BCUT2D eigenvalue weighted by molar-refractivity contribution is 0.452. The van der Waals surface area contributed by atoms with Crippen molar-refractivity contribution in [1.29, 1.82) is 0 Å². The van der Waals surface area contributed by atoms with Gasteiger partial charge in [-0.15, -0.1) is 0 Å². The van der Waals surface area contributed by atoms with Gasteiger partial charge >= 0.3 is 0 Å². The smallest absolute Gasteiger partial charge is 0.235 e. The Bertz CT molecular complexity index is 535. The molecule has 17 heavy (non-hydrogen) atoms. The van der Waals surface area contributed by atoms with Gasteiger partial charge < -0.3 is 15.3 Å². The summed E-state index contributed by atoms with van der Waals surface area (Å²) in [4.78, 5) is 6.42. The van der Waals surface area contributed by atoms with Gasteiger partial charge in [0.15, 0.2) is 0 Å². The fraction of sp³-hybridized carbons (Fsp3) is 0.308. The Kier molecular flexibility index (Phi) is 2.57. The first-order valence-electron chi connectivity index (χ1n) is 5.89. The molecule has 1 aliphatic heterocycles. The van der Waals surface area contributed by atoms with Crippen molar-refractivity contribution in [2.45, 2.75) is 0 Å². The van der Waals surface area contributed by atoms with Crippen LogP contribution < -0.4 is 10.2 Å². The van der Waals surface area contributed by atoms with E-state index in [0.29, 0.717) is 0 Å². The van der Waals surface area contributed by atoms with Gasteiger partial charge in [0.25, 0.3) is 0 Å². The third-order valence-electron chi connectivity index (χ3n) is 3.14. The topological polar surface area (TPSA) is 48.4 Å². The number of nitrogens with zero attached hydrogens (tertiary/aromatic N) is 2. The number of rotatable bonds is 1. The number of fused-ring (bicyclic) bond motifs is 1. The predicted molar refractivity (Wildman–Crippen MR) is 68.5 cm³/mol. The summed E-state index contributed by atoms with van der Waals surface area (Å²) in [5, 5.41) is 14.4. The Morgan fingerprint density at radius 2 is 1.94 bits per heavy atom. The Hall–Kier alpha value is -1.81. The van der Waals surface area contributed by atoms with E-state index in [4.69, 9.17) is 0 Å². The standard InChI is InChI=1S/C13H15N3O/c17-13-12(16-7-5-14-6-8-16)9-10-3-1-2-4-11(10)15-13/h1-4,9,14H,5-8H2,(H,15,17). The van der Waals surface area contributed by atoms with Gasteiger partial charge in [-0.1, -0.05) is 18.2 Å². The maximum absolute atomic E-state index is 9.99. The van der Waals surface area contributed by atoms with E-state index in [1.54, 1.807) is 0 Å². The van der Waals surface area contributed by atoms with Crippen LogP contribution in [0.4, 0.5) is 5.69 Å². The number of piperazine rings is 1. The highest BCUT2D eigenvalue weighted by Crippen LogP contribution is 2.29. The van der Waals surface area contributed by atoms with Gasteiger partial charge in [0, 0.05) is 31.6 Å². The van der Waals surface area contributed by atoms with Gasteiger partial charge in [-0.05, 0) is 12.1 Å². The van der Waals surface area contributed by atoms with Gasteiger partial charge in [0.1, 0.15) is 5.69 Å². The first kappa shape index (κ1) is 10.4. The number of aromatic nitrogens is 1. The molecule has 3 rings (SSSR count). The van der Waals surface area contributed by atoms with Gasteiger partial charge in [-0.3, -0.25) is 0 Å². The monoisotopic (exact) mass is 229 g/mol. The second-order valence-corrected chi connectivity index (χ2v) is 4.26. The van der Waals surface area contributed by atoms with Crippen LogP contribution in [0.25, 0.3) is 10.9 Å². The molecule has 1 aliphatic rings. The van der Waals surface area contributed by atoms with Crippen LogP contribution in [0, 0.1) is 0 Å². The van der Waals surface area contributed by atoms with E-state index >= 15 is 0 Å². The van der Waals surface area contributed by atoms with Crippen molar-refractivity contribution in [2.24, 2.45) is 0 Å². The zero-order valence-electron chi connectivity index (χ0n) is 9.56. The highest BCUT2D eigenvalue weighted by Gasteiger charge is 2.15. The molecule has 1 aromatic carbocycles. The lowest BCUT2D eigenvalue weighted by Crippen LogP contribution is -2.43. The largest absolute Gasteiger partial charge is 0.492 e. The fourth-order valence-corrected chi connectivity index (χ4v) is 2.23. The summed E-state index contributed by atoms with van der Waals surface area (Å²) in [6, 6.07) is 9.87. The van der Waals surface area contributed by atoms with Crippen molar-refractivity contribution in [3.8, 4) is 5.88 Å². The molecule has 0 bridgehead atoms. The minimum absolute atomic E-state index is 0.130. The van der Waals surface area contributed by atoms with E-state index < -0.39 is 0 Å². The van der Waals surface area contributed by atoms with E-state index in [1.807, 2.05) is 30.3 Å². The van der Waals surface area contributed by atoms with E-state index in [-0.39, 0.29) is 5.88 Å². The third kappa shape index (κ3) is 1.91. The minimum Gasteiger partial charge on any atom is -0.492 e. The Labute approximate surface area is 99.9 Å². The van der Waals surface area contributed by atoms with Crippen LogP contribution in [-0.2, 0) is 0 Å². The molecule has 1 saturated heterocycles. The van der Waals surface area contributed by atoms with E-state index in [0.717, 1.165) is 42.8 Å². The number of nitrogens with one attached hydrogen (secondary N) is 1. The summed E-state index contributed by atoms with van der Waals surface area (Å²) in [5.41, 5.74) is 1.68. The molecule has 0 radical (unpaired) electrons. The molecule has 2 heterocycles. The van der Waals surface area contributed by atoms with Gasteiger partial charge in [0.2, 0.25) is 5.88 Å². The Balaban J connectivity index is 2.06. The van der Waals surface area contributed by atoms with Crippen LogP contribution in [0.1, 0.15) is 0 Å². The zero-order valence-corrected chi connectivity index (χ0v) is 9.56. The number of anilines is 1. The van der Waals surface area contributed by atoms with Crippen molar-refractivity contribution in [3.05, 3.63) is 30.3 Å². The van der Waals surface area contributed by atoms with Crippen LogP contribution >= 0.6 is 0 Å². The summed E-state index contributed by atoms with van der Waals surface area (Å²) in [7, 11) is 0. The molecule has 0 atom stereocenters. The van der Waals surface area contributed by atoms with Crippen LogP contribution in [0.2, 0.25) is 0 Å². The quantitative estimate of drug-likeness (QED) is 0.775. The van der Waals surface area contributed by atoms with E-state index in [9.17, 15) is 5.11 Å². The average molecular weight is 229 g/mol. The first-order chi connectivity index (χ1) is 8.34. The molecule has 0 amide bonds. The highest BCUT2D eigenvalue weighted by molar-refractivity contribution is 5.83. The third-order valence-corrected chi connectivity index (χ3v) is 3.14. The normalized spacial score (nSPS) is 16.4. The van der Waals surface area contributed by atoms with Crippen molar-refractivity contribution < 1.29 is 5.11 Å². The summed E-state index contributed by atoms with van der Waals surface area (Å²) < 4.78 is 0. The van der Waals surface area contributed by atoms with Crippen LogP contribution in [-0.4, -0.2) is 36.3 Å². The molecule has 0 saturated carbocycles. The molecule has 2 aromatic rings. The van der Waals surface area contributed by atoms with Gasteiger partial charge in [0.05, 0.1) is 5.52 Å². The summed E-state index contributed by atoms with van der Waals surface area (Å²) in [6.45, 7) is 3.72. The SMILES string of the molecule is Oc1nc2ccccc2cc1N1CCNCC1. The number of pyridine rings is 1. The number of hydrogen-bond acceptors (Lipinski definition) is 4. The summed E-state index contributed by atoms with van der Waals surface area (Å²) >= 11 is 0. The van der Waals surface area contributed by atoms with Crippen molar-refractivity contribution >= 4 is 16.6 Å². The number of aromatic hydroxyl groups is 1. The number of benzene rings is 1. The molecule has 0 spiro atoms. The summed E-state index contributed by atoms with van der Waals surface area (Å²) in [6.07, 6.45) is 0. The van der Waals surface area contributed by atoms with E-state index in [2.05, 4.69) is 15.2 Å². The van der Waals surface area contributed by atoms with Crippen LogP contribution in [0.5, 0.6) is 5.88 Å². The molecule has 0 aliphatic carbocycles. The molecule has 1 fully saturated rings. The van der Waals surface area contributed by atoms with Gasteiger partial charge in [-0.2, -0.15) is 0 Å². The second kappa shape index (κ2) is 4.22. The van der Waals surface area contributed by atoms with E-state index in [1.165, 1.54) is 0 Å². The molecular weight excluding hydrogens is 214 g/mol. The molecular formula is C13H15N3O. The summed E-state index contributed by atoms with van der Waals surface area (Å²) in [5.74, 6) is 0.130. The number of hydrogen-bond donors (Lipinski definition) is 2. The zero-order chi connectivity index (χ0) is 11.7. The second-order valence-electron chi connectivity index (χ2n) is 4.26. The average Bonchev–Trinajstić information content (AvgIpc) is 2.39. The van der Waals surface area contributed by atoms with Crippen LogP contribution in [0.3, 0.4) is 0 Å². The molecule has 4 heteroatoms. The fourth-order valence-electron chi connectivity index (χ4n) is 2.23. The highest BCUT2D eigenvalue weighted by atomic mass is 16.3. The molecule has 4 nitrogen and oxygen atoms in total. The van der Waals surface area contributed by atoms with Crippen molar-refractivity contribution in [1.82, 2.24) is 10.3 Å². The van der Waals surface area contributed by atoms with Crippen molar-refractivity contribution in [3.63, 3.8) is 0 Å². The molecule has 1 aromatic heterocycles. The Morgan fingerprint density at radius 3 is 2.76 bits per heavy atom. The molecule has 2 N–H and O–H groups in total. The molecule has 0 unspecified atom stereocenters. The predicted octanol–water partition coefficient (Wildman–Crippen LogP) is 1.35.